The van der Waals surface area contributed by atoms with Gasteiger partial charge in [-0.15, -0.1) is 0 Å². The molecule has 1 aliphatic rings. The van der Waals surface area contributed by atoms with Crippen molar-refractivity contribution in [3.8, 4) is 11.5 Å². The van der Waals surface area contributed by atoms with E-state index in [1.54, 1.807) is 54.9 Å². The van der Waals surface area contributed by atoms with Gasteiger partial charge in [-0.25, -0.2) is 9.78 Å². The molecule has 0 spiro atoms. The fourth-order valence-electron chi connectivity index (χ4n) is 11.7. The highest BCUT2D eigenvalue weighted by atomic mass is 16.4. The predicted molar refractivity (Wildman–Crippen MR) is 353 cm³/mol. The number of likely N-dealkylation sites (tertiary alicyclic amines) is 1. The summed E-state index contributed by atoms with van der Waals surface area (Å²) in [6.45, 7) is 0.525. The first kappa shape index (κ1) is 71.2. The molecule has 1 saturated heterocycles. The molecule has 510 valence electrons. The molecule has 96 heavy (non-hydrogen) atoms. The van der Waals surface area contributed by atoms with E-state index in [1.807, 2.05) is 18.2 Å². The molecule has 0 unspecified atom stereocenters. The number of aliphatic carboxylic acids is 1. The smallest absolute Gasteiger partial charge is 0.326 e. The van der Waals surface area contributed by atoms with Crippen LogP contribution in [0.15, 0.2) is 122 Å². The molecule has 8 rings (SSSR count). The molecule has 9 amide bonds. The molecule has 0 saturated carbocycles. The molecule has 21 N–H and O–H groups in total. The average Bonchev–Trinajstić information content (AvgIpc) is 1.87. The van der Waals surface area contributed by atoms with E-state index in [0.717, 1.165) is 10.9 Å². The van der Waals surface area contributed by atoms with Crippen molar-refractivity contribution in [1.29, 1.82) is 0 Å². The quantitative estimate of drug-likeness (QED) is 0.0234. The predicted octanol–water partition coefficient (Wildman–Crippen LogP) is 0.227. The summed E-state index contributed by atoms with van der Waals surface area (Å²) < 4.78 is 0. The van der Waals surface area contributed by atoms with Crippen molar-refractivity contribution in [3.63, 3.8) is 0 Å². The van der Waals surface area contributed by atoms with Gasteiger partial charge >= 0.3 is 5.97 Å². The third-order valence-electron chi connectivity index (χ3n) is 16.8. The number of nitrogens with one attached hydrogen (secondary N) is 10. The van der Waals surface area contributed by atoms with Gasteiger partial charge in [-0.1, -0.05) is 60.7 Å². The van der Waals surface area contributed by atoms with Crippen LogP contribution in [0.3, 0.4) is 0 Å². The molecule has 29 heteroatoms. The van der Waals surface area contributed by atoms with Crippen molar-refractivity contribution < 1.29 is 63.3 Å². The lowest BCUT2D eigenvalue weighted by molar-refractivity contribution is -0.143. The lowest BCUT2D eigenvalue weighted by Gasteiger charge is -2.31. The fraction of sp³-hybridized carbons (Fsp3) is 0.388. The van der Waals surface area contributed by atoms with Crippen molar-refractivity contribution in [2.75, 3.05) is 19.6 Å². The van der Waals surface area contributed by atoms with Crippen LogP contribution >= 0.6 is 0 Å². The second-order valence-electron chi connectivity index (χ2n) is 24.0. The van der Waals surface area contributed by atoms with Gasteiger partial charge in [0.05, 0.1) is 18.8 Å². The molecule has 9 atom stereocenters. The largest absolute Gasteiger partial charge is 0.508 e. The van der Waals surface area contributed by atoms with E-state index in [-0.39, 0.29) is 82.5 Å². The number of carboxylic acids is 1. The number of hydrogen-bond acceptors (Lipinski definition) is 16. The highest BCUT2D eigenvalue weighted by Crippen LogP contribution is 2.24. The number of amides is 9. The summed E-state index contributed by atoms with van der Waals surface area (Å²) in [6, 6.07) is 13.5. The number of unbranched alkanes of at least 4 members (excludes halogenated alkanes) is 2. The van der Waals surface area contributed by atoms with E-state index in [1.165, 1.54) is 53.8 Å². The van der Waals surface area contributed by atoms with E-state index >= 15 is 4.79 Å². The lowest BCUT2D eigenvalue weighted by atomic mass is 10.0. The Kier molecular flexibility index (Phi) is 25.6. The molecule has 4 aromatic carbocycles. The summed E-state index contributed by atoms with van der Waals surface area (Å²) in [5.74, 6) is -9.25. The zero-order valence-electron chi connectivity index (χ0n) is 52.9. The van der Waals surface area contributed by atoms with Gasteiger partial charge in [-0.2, -0.15) is 0 Å². The minimum Gasteiger partial charge on any atom is -0.508 e. The summed E-state index contributed by atoms with van der Waals surface area (Å²) in [5.41, 5.74) is 27.8. The molecule has 4 heterocycles. The molecule has 29 nitrogen and oxygen atoms in total. The van der Waals surface area contributed by atoms with Gasteiger partial charge < -0.3 is 95.3 Å². The number of phenols is 2. The maximum Gasteiger partial charge on any atom is 0.326 e. The number of benzene rings is 4. The second kappa shape index (κ2) is 34.5. The number of aromatic hydroxyl groups is 2. The Morgan fingerprint density at radius 2 is 0.990 bits per heavy atom. The van der Waals surface area contributed by atoms with Crippen LogP contribution < -0.4 is 60.2 Å². The van der Waals surface area contributed by atoms with E-state index in [9.17, 15) is 58.5 Å². The monoisotopic (exact) mass is 1320 g/mol. The molecule has 0 aliphatic carbocycles. The van der Waals surface area contributed by atoms with E-state index in [0.29, 0.717) is 71.0 Å². The van der Waals surface area contributed by atoms with E-state index in [2.05, 4.69) is 57.2 Å². The van der Waals surface area contributed by atoms with Crippen LogP contribution in [0.4, 0.5) is 0 Å². The van der Waals surface area contributed by atoms with Crippen molar-refractivity contribution in [2.24, 2.45) is 22.9 Å². The van der Waals surface area contributed by atoms with Crippen LogP contribution in [0, 0.1) is 0 Å². The standard InChI is InChI=1S/C67H84N16O13/c68-25-7-5-14-50(60(88)82-56(67(95)96)31-41-35-74-49-13-4-2-11-46(41)49)76-63(91)54(30-40-34-73-48-12-3-1-10-45(40)48)80-62(90)53(29-39-19-23-44(85)24-20-39)79-64(92)55(33-58(71)86)81-65(93)57-16-9-27-83(57)66(94)51(15-6-8-26-69)77-61(89)52(28-38-17-21-43(84)22-18-38)78-59(87)47(70)32-42-36-72-37-75-42/h1-4,10-13,17-24,34-37,47,50-57,73-74,84-85H,5-9,14-16,25-33,68-70H2,(H2,71,86)(H,72,75)(H,76,91)(H,77,89)(H,78,87)(H,79,92)(H,80,90)(H,81,93)(H,82,88)(H,95,96)/t47-,50-,51-,52-,53-,54-,55-,56-,57-/m0/s1. The molecule has 0 radical (unpaired) electrons. The summed E-state index contributed by atoms with van der Waals surface area (Å²) in [4.78, 5) is 156. The SMILES string of the molecule is NCCCC[C@H](NC(=O)[C@H](Cc1c[nH]c2ccccc12)NC(=O)[C@H](Cc1ccc(O)cc1)NC(=O)[C@H](CC(N)=O)NC(=O)[C@@H]1CCCN1C(=O)[C@H](CCCCN)NC(=O)[C@H](Cc1ccc(O)cc1)NC(=O)[C@@H](N)Cc1cnc[nH]1)C(=O)N[C@@H](Cc1c[nH]c2ccccc12)C(=O)O. The minimum absolute atomic E-state index is 0.0160. The molecule has 1 aliphatic heterocycles. The fourth-order valence-corrected chi connectivity index (χ4v) is 11.7. The minimum atomic E-state index is -1.77. The highest BCUT2D eigenvalue weighted by Gasteiger charge is 2.41. The third kappa shape index (κ3) is 19.9. The van der Waals surface area contributed by atoms with Crippen LogP contribution in [0.5, 0.6) is 11.5 Å². The Morgan fingerprint density at radius 1 is 0.531 bits per heavy atom. The van der Waals surface area contributed by atoms with E-state index in [4.69, 9.17) is 22.9 Å². The number of hydrogen-bond donors (Lipinski definition) is 17. The summed E-state index contributed by atoms with van der Waals surface area (Å²) in [7, 11) is 0. The second-order valence-corrected chi connectivity index (χ2v) is 24.0. The highest BCUT2D eigenvalue weighted by molar-refractivity contribution is 6.00. The molecule has 0 bridgehead atoms. The van der Waals surface area contributed by atoms with Crippen LogP contribution in [-0.4, -0.2) is 173 Å². The van der Waals surface area contributed by atoms with Gasteiger partial charge in [0.1, 0.15) is 59.8 Å². The number of nitrogens with two attached hydrogens (primary N) is 4. The van der Waals surface area contributed by atoms with Gasteiger partial charge in [0, 0.05) is 84.7 Å². The Balaban J connectivity index is 1.02. The normalized spacial score (nSPS) is 15.4. The number of para-hydroxylation sites is 2. The molecular weight excluding hydrogens is 1240 g/mol. The first-order valence-electron chi connectivity index (χ1n) is 31.9. The van der Waals surface area contributed by atoms with Crippen LogP contribution in [0.25, 0.3) is 21.8 Å². The lowest BCUT2D eigenvalue weighted by Crippen LogP contribution is -2.61. The zero-order valence-corrected chi connectivity index (χ0v) is 52.9. The number of aromatic nitrogens is 4. The maximum atomic E-state index is 15.0. The van der Waals surface area contributed by atoms with Crippen LogP contribution in [0.2, 0.25) is 0 Å². The first-order chi connectivity index (χ1) is 46.2. The Bertz CT molecular complexity index is 3820. The number of rotatable bonds is 36. The van der Waals surface area contributed by atoms with Gasteiger partial charge in [0.15, 0.2) is 0 Å². The Hall–Kier alpha value is -10.7. The molecule has 3 aromatic heterocycles. The summed E-state index contributed by atoms with van der Waals surface area (Å²) in [5, 5.41) is 50.8. The van der Waals surface area contributed by atoms with Crippen molar-refractivity contribution in [3.05, 3.63) is 150 Å². The molecular formula is C67H84N16O13. The number of carbonyl (C=O) groups excluding carboxylic acids is 9. The number of carbonyl (C=O) groups is 10. The third-order valence-corrected chi connectivity index (χ3v) is 16.8. The van der Waals surface area contributed by atoms with Gasteiger partial charge in [0.25, 0.3) is 0 Å². The number of carboxylic acid groups (broad SMARTS) is 1. The van der Waals surface area contributed by atoms with Crippen molar-refractivity contribution in [2.45, 2.75) is 144 Å². The average molecular weight is 1320 g/mol. The Morgan fingerprint density at radius 3 is 1.50 bits per heavy atom. The number of phenolic OH excluding ortho intramolecular Hbond substituents is 2. The van der Waals surface area contributed by atoms with Crippen LogP contribution in [-0.2, 0) is 80.0 Å². The van der Waals surface area contributed by atoms with Crippen molar-refractivity contribution >= 4 is 80.9 Å². The molecule has 1 fully saturated rings. The maximum absolute atomic E-state index is 15.0. The number of primary amides is 1. The number of imidazole rings is 1. The van der Waals surface area contributed by atoms with Crippen molar-refractivity contribution in [1.82, 2.24) is 62.1 Å². The number of nitrogens with zero attached hydrogens (tertiary/aromatic N) is 2. The Labute approximate surface area is 552 Å². The topological polar surface area (TPSA) is 483 Å². The van der Waals surface area contributed by atoms with Gasteiger partial charge in [0.2, 0.25) is 53.2 Å². The van der Waals surface area contributed by atoms with E-state index < -0.39 is 120 Å². The first-order valence-corrected chi connectivity index (χ1v) is 31.9. The zero-order chi connectivity index (χ0) is 68.8. The van der Waals surface area contributed by atoms with Gasteiger partial charge in [-0.3, -0.25) is 43.2 Å². The molecule has 7 aromatic rings. The number of H-pyrrole nitrogens is 3. The van der Waals surface area contributed by atoms with Gasteiger partial charge in [-0.05, 0) is 123 Å². The number of fused-ring (bicyclic) bond motifs is 2. The summed E-state index contributed by atoms with van der Waals surface area (Å²) >= 11 is 0. The number of aromatic amines is 3. The van der Waals surface area contributed by atoms with Crippen LogP contribution in [0.1, 0.15) is 85.7 Å². The summed E-state index contributed by atoms with van der Waals surface area (Å²) in [6.07, 6.45) is 6.83.